The number of sulfonamides is 1. The van der Waals surface area contributed by atoms with Crippen molar-refractivity contribution in [3.05, 3.63) is 70.2 Å². The van der Waals surface area contributed by atoms with E-state index in [4.69, 9.17) is 4.42 Å². The van der Waals surface area contributed by atoms with Crippen molar-refractivity contribution in [2.45, 2.75) is 32.2 Å². The van der Waals surface area contributed by atoms with Gasteiger partial charge in [-0.1, -0.05) is 32.0 Å². The highest BCUT2D eigenvalue weighted by atomic mass is 79.9. The molecule has 0 aliphatic heterocycles. The fourth-order valence-electron chi connectivity index (χ4n) is 3.38. The molecule has 36 heavy (non-hydrogen) atoms. The first-order valence-corrected chi connectivity index (χ1v) is 12.9. The van der Waals surface area contributed by atoms with E-state index in [9.17, 15) is 31.5 Å². The third-order valence-corrected chi connectivity index (χ3v) is 6.88. The van der Waals surface area contributed by atoms with Gasteiger partial charge in [-0.15, -0.1) is 0 Å². The molecule has 4 rings (SSSR count). The summed E-state index contributed by atoms with van der Waals surface area (Å²) in [6, 6.07) is 10.8. The zero-order valence-electron chi connectivity index (χ0n) is 19.0. The molecular weight excluding hydrogens is 567 g/mol. The van der Waals surface area contributed by atoms with E-state index in [1.165, 1.54) is 30.6 Å². The number of para-hydroxylation sites is 1. The van der Waals surface area contributed by atoms with E-state index in [0.29, 0.717) is 34.0 Å². The normalized spacial score (nSPS) is 11.7. The van der Waals surface area contributed by atoms with Crippen molar-refractivity contribution >= 4 is 48.6 Å². The molecular formula is C23H21BrF3N3O5S. The van der Waals surface area contributed by atoms with Gasteiger partial charge in [0.05, 0.1) is 16.5 Å². The lowest BCUT2D eigenvalue weighted by atomic mass is 10.0. The van der Waals surface area contributed by atoms with Crippen LogP contribution >= 0.6 is 15.9 Å². The number of anilines is 1. The largest absolute Gasteiger partial charge is 0.516 e. The monoisotopic (exact) mass is 587 g/mol. The molecule has 0 amide bonds. The number of aromatic carboxylic acids is 1. The average Bonchev–Trinajstić information content (AvgIpc) is 3.43. The molecule has 0 aliphatic carbocycles. The van der Waals surface area contributed by atoms with Crippen molar-refractivity contribution in [3.8, 4) is 11.3 Å². The molecule has 3 N–H and O–H groups in total. The summed E-state index contributed by atoms with van der Waals surface area (Å²) in [5.74, 6) is -0.983. The van der Waals surface area contributed by atoms with E-state index in [0.717, 1.165) is 5.56 Å². The molecule has 13 heteroatoms. The Morgan fingerprint density at radius 3 is 2.53 bits per heavy atom. The first-order chi connectivity index (χ1) is 17.0. The number of rotatable bonds is 7. The Kier molecular flexibility index (Phi) is 8.14. The standard InChI is InChI=1S/C21H15BrF3N3O5S.C2H6/c22-17-13-9-11(5-7-15-18(20(29)30)27-10-26-15)6-8-16(13)33-19(17)12-3-1-2-4-14(12)28-34(31,32)21(23,24)25;1-2/h1-4,6,8-10,28H,5,7H2,(H,26,27)(H,29,30);1-2H3. The molecule has 0 unspecified atom stereocenters. The van der Waals surface area contributed by atoms with Crippen LogP contribution in [0.15, 0.2) is 57.7 Å². The first kappa shape index (κ1) is 27.3. The van der Waals surface area contributed by atoms with Crippen molar-refractivity contribution in [1.82, 2.24) is 9.97 Å². The summed E-state index contributed by atoms with van der Waals surface area (Å²) < 4.78 is 69.7. The number of imidazole rings is 1. The van der Waals surface area contributed by atoms with Crippen LogP contribution in [0.4, 0.5) is 18.9 Å². The number of carboxylic acids is 1. The molecule has 0 radical (unpaired) electrons. The van der Waals surface area contributed by atoms with Gasteiger partial charge in [-0.25, -0.2) is 9.78 Å². The lowest BCUT2D eigenvalue weighted by molar-refractivity contribution is -0.0429. The van der Waals surface area contributed by atoms with Crippen LogP contribution in [0.5, 0.6) is 0 Å². The summed E-state index contributed by atoms with van der Waals surface area (Å²) in [6.45, 7) is 4.00. The number of aromatic amines is 1. The summed E-state index contributed by atoms with van der Waals surface area (Å²) in [7, 11) is -5.63. The number of nitrogens with one attached hydrogen (secondary N) is 2. The van der Waals surface area contributed by atoms with Gasteiger partial charge in [0.15, 0.2) is 11.5 Å². The molecule has 0 aliphatic rings. The highest BCUT2D eigenvalue weighted by molar-refractivity contribution is 9.10. The SMILES string of the molecule is CC.O=C(O)c1nc[nH]c1CCc1ccc2oc(-c3ccccc3NS(=O)(=O)C(F)(F)F)c(Br)c2c1. The molecule has 2 aromatic carbocycles. The number of aromatic nitrogens is 2. The number of benzene rings is 2. The Labute approximate surface area is 212 Å². The van der Waals surface area contributed by atoms with Gasteiger partial charge in [-0.3, -0.25) is 4.72 Å². The molecule has 0 atom stereocenters. The molecule has 2 aromatic heterocycles. The van der Waals surface area contributed by atoms with Crippen LogP contribution in [0, 0.1) is 0 Å². The van der Waals surface area contributed by atoms with Gasteiger partial charge in [0.1, 0.15) is 5.58 Å². The number of aryl methyl sites for hydroxylation is 2. The van der Waals surface area contributed by atoms with Crippen molar-refractivity contribution < 1.29 is 35.9 Å². The summed E-state index contributed by atoms with van der Waals surface area (Å²) in [5.41, 5.74) is -3.96. The van der Waals surface area contributed by atoms with Crippen LogP contribution in [0.1, 0.15) is 35.6 Å². The van der Waals surface area contributed by atoms with Gasteiger partial charge in [0.25, 0.3) is 0 Å². The Hall–Kier alpha value is -3.32. The van der Waals surface area contributed by atoms with E-state index < -0.39 is 21.5 Å². The Balaban J connectivity index is 0.00000176. The molecule has 192 valence electrons. The van der Waals surface area contributed by atoms with Gasteiger partial charge >= 0.3 is 21.5 Å². The highest BCUT2D eigenvalue weighted by Crippen LogP contribution is 2.41. The van der Waals surface area contributed by atoms with Crippen LogP contribution in [-0.4, -0.2) is 35.0 Å². The molecule has 8 nitrogen and oxygen atoms in total. The van der Waals surface area contributed by atoms with Crippen LogP contribution in [0.25, 0.3) is 22.3 Å². The minimum atomic E-state index is -5.63. The molecule has 2 heterocycles. The third-order valence-electron chi connectivity index (χ3n) is 5.00. The maximum atomic E-state index is 12.9. The number of fused-ring (bicyclic) bond motifs is 1. The molecule has 4 aromatic rings. The molecule has 0 saturated heterocycles. The summed E-state index contributed by atoms with van der Waals surface area (Å²) in [4.78, 5) is 17.8. The van der Waals surface area contributed by atoms with E-state index >= 15 is 0 Å². The van der Waals surface area contributed by atoms with Gasteiger partial charge < -0.3 is 14.5 Å². The number of H-pyrrole nitrogens is 1. The fraction of sp³-hybridized carbons (Fsp3) is 0.217. The second-order valence-corrected chi connectivity index (χ2v) is 9.67. The van der Waals surface area contributed by atoms with E-state index in [1.807, 2.05) is 13.8 Å². The fourth-order valence-corrected chi connectivity index (χ4v) is 4.57. The quantitative estimate of drug-likeness (QED) is 0.231. The third kappa shape index (κ3) is 5.57. The zero-order valence-corrected chi connectivity index (χ0v) is 21.4. The lowest BCUT2D eigenvalue weighted by Crippen LogP contribution is -2.30. The van der Waals surface area contributed by atoms with Crippen LogP contribution in [0.2, 0.25) is 0 Å². The Morgan fingerprint density at radius 1 is 1.17 bits per heavy atom. The van der Waals surface area contributed by atoms with Gasteiger partial charge in [0, 0.05) is 16.6 Å². The van der Waals surface area contributed by atoms with Crippen molar-refractivity contribution in [2.75, 3.05) is 4.72 Å². The second-order valence-electron chi connectivity index (χ2n) is 7.21. The Bertz CT molecular complexity index is 1500. The number of hydrogen-bond acceptors (Lipinski definition) is 5. The second kappa shape index (κ2) is 10.7. The van der Waals surface area contributed by atoms with E-state index in [1.54, 1.807) is 22.9 Å². The minimum Gasteiger partial charge on any atom is -0.476 e. The molecule has 0 spiro atoms. The predicted octanol–water partition coefficient (Wildman–Crippen LogP) is 6.36. The van der Waals surface area contributed by atoms with Crippen LogP contribution in [-0.2, 0) is 22.9 Å². The topological polar surface area (TPSA) is 125 Å². The van der Waals surface area contributed by atoms with Crippen molar-refractivity contribution in [3.63, 3.8) is 0 Å². The molecule has 0 bridgehead atoms. The summed E-state index contributed by atoms with van der Waals surface area (Å²) in [6.07, 6.45) is 2.18. The van der Waals surface area contributed by atoms with Gasteiger partial charge in [-0.2, -0.15) is 21.6 Å². The summed E-state index contributed by atoms with van der Waals surface area (Å²) >= 11 is 3.41. The van der Waals surface area contributed by atoms with E-state index in [2.05, 4.69) is 25.9 Å². The van der Waals surface area contributed by atoms with Crippen molar-refractivity contribution in [1.29, 1.82) is 0 Å². The lowest BCUT2D eigenvalue weighted by Gasteiger charge is -2.13. The number of halogens is 4. The number of carbonyl (C=O) groups is 1. The van der Waals surface area contributed by atoms with E-state index in [-0.39, 0.29) is 22.7 Å². The maximum absolute atomic E-state index is 12.9. The van der Waals surface area contributed by atoms with Gasteiger partial charge in [-0.05, 0) is 58.6 Å². The predicted molar refractivity (Wildman–Crippen MR) is 132 cm³/mol. The smallest absolute Gasteiger partial charge is 0.476 e. The van der Waals surface area contributed by atoms with Gasteiger partial charge in [0.2, 0.25) is 0 Å². The first-order valence-electron chi connectivity index (χ1n) is 10.6. The Morgan fingerprint density at radius 2 is 1.86 bits per heavy atom. The number of nitrogens with zero attached hydrogens (tertiary/aromatic N) is 1. The van der Waals surface area contributed by atoms with Crippen LogP contribution in [0.3, 0.4) is 0 Å². The van der Waals surface area contributed by atoms with Crippen molar-refractivity contribution in [2.24, 2.45) is 0 Å². The minimum absolute atomic E-state index is 0.0502. The highest BCUT2D eigenvalue weighted by Gasteiger charge is 2.46. The average molecular weight is 588 g/mol. The number of alkyl halides is 3. The number of hydrogen-bond donors (Lipinski definition) is 3. The maximum Gasteiger partial charge on any atom is 0.516 e. The van der Waals surface area contributed by atoms with Crippen LogP contribution < -0.4 is 4.72 Å². The number of carboxylic acid groups (broad SMARTS) is 1. The zero-order chi connectivity index (χ0) is 26.7. The summed E-state index contributed by atoms with van der Waals surface area (Å²) in [5, 5.41) is 9.79. The molecule has 0 saturated carbocycles. The molecule has 0 fully saturated rings. The number of furan rings is 1.